The van der Waals surface area contributed by atoms with Gasteiger partial charge < -0.3 is 5.11 Å². The average molecular weight is 226 g/mol. The highest BCUT2D eigenvalue weighted by atomic mass is 19.1. The summed E-state index contributed by atoms with van der Waals surface area (Å²) in [6.07, 6.45) is 2.51. The molecule has 0 bridgehead atoms. The Hall–Kier alpha value is -1.39. The molecule has 0 aliphatic heterocycles. The summed E-state index contributed by atoms with van der Waals surface area (Å²) < 4.78 is 14.7. The molecule has 1 heterocycles. The summed E-state index contributed by atoms with van der Waals surface area (Å²) in [6.45, 7) is 0. The van der Waals surface area contributed by atoms with Crippen LogP contribution >= 0.6 is 0 Å². The highest BCUT2D eigenvalue weighted by Crippen LogP contribution is 2.34. The van der Waals surface area contributed by atoms with Crippen LogP contribution in [-0.2, 0) is 11.8 Å². The van der Waals surface area contributed by atoms with E-state index < -0.39 is 12.1 Å². The van der Waals surface area contributed by atoms with Gasteiger partial charge in [0.1, 0.15) is 0 Å². The number of hydrogen-bond donors (Lipinski definition) is 1. The minimum atomic E-state index is -1.98. The van der Waals surface area contributed by atoms with Crippen LogP contribution in [0.15, 0.2) is 6.07 Å². The molecule has 1 aliphatic rings. The number of aromatic nitrogens is 2. The van der Waals surface area contributed by atoms with Gasteiger partial charge in [-0.05, 0) is 18.9 Å². The molecule has 1 aliphatic carbocycles. The summed E-state index contributed by atoms with van der Waals surface area (Å²) in [5.74, 6) is -1.08. The predicted octanol–water partition coefficient (Wildman–Crippen LogP) is 2.17. The number of rotatable bonds is 3. The second-order valence-electron chi connectivity index (χ2n) is 4.30. The van der Waals surface area contributed by atoms with Gasteiger partial charge in [0.05, 0.1) is 11.4 Å². The molecule has 1 saturated carbocycles. The van der Waals surface area contributed by atoms with Crippen molar-refractivity contribution in [2.45, 2.75) is 37.8 Å². The van der Waals surface area contributed by atoms with E-state index in [1.807, 2.05) is 0 Å². The zero-order valence-corrected chi connectivity index (χ0v) is 9.19. The number of carbonyl (C=O) groups is 1. The molecule has 88 valence electrons. The first-order chi connectivity index (χ1) is 7.59. The maximum absolute atomic E-state index is 13.4. The number of halogens is 1. The average Bonchev–Trinajstić information content (AvgIpc) is 2.84. The van der Waals surface area contributed by atoms with Crippen molar-refractivity contribution in [3.63, 3.8) is 0 Å². The van der Waals surface area contributed by atoms with Crippen LogP contribution in [0.2, 0.25) is 0 Å². The van der Waals surface area contributed by atoms with E-state index in [1.165, 1.54) is 17.5 Å². The molecule has 5 heteroatoms. The van der Waals surface area contributed by atoms with Crippen molar-refractivity contribution in [3.8, 4) is 0 Å². The summed E-state index contributed by atoms with van der Waals surface area (Å²) in [4.78, 5) is 10.6. The van der Waals surface area contributed by atoms with E-state index in [-0.39, 0.29) is 5.69 Å². The van der Waals surface area contributed by atoms with Crippen LogP contribution in [0.4, 0.5) is 4.39 Å². The fourth-order valence-electron chi connectivity index (χ4n) is 2.29. The lowest BCUT2D eigenvalue weighted by Crippen LogP contribution is -2.10. The number of carboxylic acid groups (broad SMARTS) is 1. The minimum Gasteiger partial charge on any atom is -0.479 e. The van der Waals surface area contributed by atoms with Gasteiger partial charge in [0, 0.05) is 13.0 Å². The first-order valence-electron chi connectivity index (χ1n) is 5.50. The molecule has 1 unspecified atom stereocenters. The van der Waals surface area contributed by atoms with Crippen molar-refractivity contribution in [2.75, 3.05) is 0 Å². The van der Waals surface area contributed by atoms with Gasteiger partial charge in [0.25, 0.3) is 0 Å². The molecule has 0 saturated heterocycles. The molecule has 0 amide bonds. The molecule has 0 spiro atoms. The molecule has 1 N–H and O–H groups in total. The van der Waals surface area contributed by atoms with Crippen molar-refractivity contribution in [2.24, 2.45) is 7.05 Å². The lowest BCUT2D eigenvalue weighted by Gasteiger charge is -2.02. The lowest BCUT2D eigenvalue weighted by atomic mass is 10.0. The number of nitrogens with zero attached hydrogens (tertiary/aromatic N) is 2. The molecular weight excluding hydrogens is 211 g/mol. The summed E-state index contributed by atoms with van der Waals surface area (Å²) in [6, 6.07) is 1.59. The lowest BCUT2D eigenvalue weighted by molar-refractivity contribution is -0.143. The number of alkyl halides is 1. The number of hydrogen-bond acceptors (Lipinski definition) is 2. The Bertz CT molecular complexity index is 397. The van der Waals surface area contributed by atoms with Gasteiger partial charge >= 0.3 is 5.97 Å². The Morgan fingerprint density at radius 3 is 2.81 bits per heavy atom. The van der Waals surface area contributed by atoms with Crippen molar-refractivity contribution < 1.29 is 14.3 Å². The zero-order chi connectivity index (χ0) is 11.7. The SMILES string of the molecule is Cn1nc(C2CCCC2)cc1C(F)C(=O)O. The molecule has 1 aromatic heterocycles. The zero-order valence-electron chi connectivity index (χ0n) is 9.19. The second-order valence-corrected chi connectivity index (χ2v) is 4.30. The second kappa shape index (κ2) is 4.23. The predicted molar refractivity (Wildman–Crippen MR) is 55.9 cm³/mol. The standard InChI is InChI=1S/C11H15FN2O2/c1-14-9(10(12)11(15)16)6-8(13-14)7-4-2-3-5-7/h6-7,10H,2-5H2,1H3,(H,15,16). The van der Waals surface area contributed by atoms with Crippen LogP contribution in [-0.4, -0.2) is 20.9 Å². The van der Waals surface area contributed by atoms with E-state index in [4.69, 9.17) is 5.11 Å². The topological polar surface area (TPSA) is 55.1 Å². The van der Waals surface area contributed by atoms with Crippen molar-refractivity contribution in [3.05, 3.63) is 17.5 Å². The Labute approximate surface area is 93.1 Å². The third-order valence-electron chi connectivity index (χ3n) is 3.18. The Kier molecular flexibility index (Phi) is 2.94. The highest BCUT2D eigenvalue weighted by molar-refractivity contribution is 5.73. The van der Waals surface area contributed by atoms with E-state index >= 15 is 0 Å². The van der Waals surface area contributed by atoms with Crippen LogP contribution in [0.3, 0.4) is 0 Å². The fourth-order valence-corrected chi connectivity index (χ4v) is 2.29. The summed E-state index contributed by atoms with van der Waals surface area (Å²) in [5.41, 5.74) is 0.966. The minimum absolute atomic E-state index is 0.134. The number of carboxylic acids is 1. The quantitative estimate of drug-likeness (QED) is 0.859. The van der Waals surface area contributed by atoms with Gasteiger partial charge in [-0.15, -0.1) is 0 Å². The van der Waals surface area contributed by atoms with E-state index in [0.29, 0.717) is 5.92 Å². The van der Waals surface area contributed by atoms with Gasteiger partial charge in [-0.2, -0.15) is 5.10 Å². The third kappa shape index (κ3) is 1.94. The number of aliphatic carboxylic acids is 1. The first kappa shape index (κ1) is 11.1. The van der Waals surface area contributed by atoms with Crippen molar-refractivity contribution in [1.82, 2.24) is 9.78 Å². The van der Waals surface area contributed by atoms with Gasteiger partial charge in [0.15, 0.2) is 0 Å². The van der Waals surface area contributed by atoms with E-state index in [0.717, 1.165) is 18.5 Å². The Balaban J connectivity index is 2.24. The number of aryl methyl sites for hydroxylation is 1. The largest absolute Gasteiger partial charge is 0.479 e. The monoisotopic (exact) mass is 226 g/mol. The molecule has 1 aromatic rings. The van der Waals surface area contributed by atoms with E-state index in [1.54, 1.807) is 13.1 Å². The van der Waals surface area contributed by atoms with Crippen molar-refractivity contribution >= 4 is 5.97 Å². The van der Waals surface area contributed by atoms with E-state index in [2.05, 4.69) is 5.10 Å². The maximum Gasteiger partial charge on any atom is 0.344 e. The molecular formula is C11H15FN2O2. The summed E-state index contributed by atoms with van der Waals surface area (Å²) >= 11 is 0. The van der Waals surface area contributed by atoms with Crippen LogP contribution in [0.5, 0.6) is 0 Å². The van der Waals surface area contributed by atoms with Crippen LogP contribution in [0.25, 0.3) is 0 Å². The highest BCUT2D eigenvalue weighted by Gasteiger charge is 2.26. The van der Waals surface area contributed by atoms with Crippen LogP contribution in [0, 0.1) is 0 Å². The maximum atomic E-state index is 13.4. The molecule has 16 heavy (non-hydrogen) atoms. The first-order valence-corrected chi connectivity index (χ1v) is 5.50. The van der Waals surface area contributed by atoms with Gasteiger partial charge in [-0.1, -0.05) is 12.8 Å². The van der Waals surface area contributed by atoms with Gasteiger partial charge in [0.2, 0.25) is 6.17 Å². The Morgan fingerprint density at radius 2 is 2.25 bits per heavy atom. The molecule has 0 aromatic carbocycles. The smallest absolute Gasteiger partial charge is 0.344 e. The van der Waals surface area contributed by atoms with Crippen LogP contribution < -0.4 is 0 Å². The molecule has 2 rings (SSSR count). The Morgan fingerprint density at radius 1 is 1.62 bits per heavy atom. The molecule has 1 atom stereocenters. The van der Waals surface area contributed by atoms with Crippen LogP contribution in [0.1, 0.15) is 49.2 Å². The van der Waals surface area contributed by atoms with E-state index in [9.17, 15) is 9.18 Å². The fraction of sp³-hybridized carbons (Fsp3) is 0.636. The molecule has 4 nitrogen and oxygen atoms in total. The summed E-state index contributed by atoms with van der Waals surface area (Å²) in [7, 11) is 1.59. The third-order valence-corrected chi connectivity index (χ3v) is 3.18. The molecule has 1 fully saturated rings. The van der Waals surface area contributed by atoms with Gasteiger partial charge in [-0.25, -0.2) is 9.18 Å². The summed E-state index contributed by atoms with van der Waals surface area (Å²) in [5, 5.41) is 12.8. The van der Waals surface area contributed by atoms with Gasteiger partial charge in [-0.3, -0.25) is 4.68 Å². The normalized spacial score (nSPS) is 18.9. The molecule has 0 radical (unpaired) electrons. The van der Waals surface area contributed by atoms with Crippen molar-refractivity contribution in [1.29, 1.82) is 0 Å².